The molecule has 0 bridgehead atoms. The largest absolute Gasteiger partial charge is 0.313 e. The fourth-order valence-electron chi connectivity index (χ4n) is 1.79. The molecule has 1 N–H and O–H groups in total. The lowest BCUT2D eigenvalue weighted by atomic mass is 10.0. The van der Waals surface area contributed by atoms with Crippen LogP contribution < -0.4 is 5.32 Å². The van der Waals surface area contributed by atoms with E-state index in [9.17, 15) is 12.8 Å². The zero-order valence-corrected chi connectivity index (χ0v) is 12.0. The van der Waals surface area contributed by atoms with E-state index in [0.29, 0.717) is 18.4 Å². The van der Waals surface area contributed by atoms with Crippen LogP contribution in [-0.2, 0) is 9.84 Å². The summed E-state index contributed by atoms with van der Waals surface area (Å²) in [7, 11) is -1.22. The maximum absolute atomic E-state index is 13.3. The predicted octanol–water partition coefficient (Wildman–Crippen LogP) is 2.56. The summed E-state index contributed by atoms with van der Waals surface area (Å²) in [4.78, 5) is 0. The van der Waals surface area contributed by atoms with E-state index < -0.39 is 15.7 Å². The Morgan fingerprint density at radius 2 is 2.11 bits per heavy atom. The van der Waals surface area contributed by atoms with Crippen molar-refractivity contribution in [1.29, 1.82) is 0 Å². The van der Waals surface area contributed by atoms with E-state index in [1.165, 1.54) is 12.3 Å². The summed E-state index contributed by atoms with van der Waals surface area (Å²) in [6, 6.07) is 4.49. The number of nitrogens with one attached hydrogen (secondary N) is 1. The molecule has 0 amide bonds. The standard InChI is InChI=1S/C12H17ClFNO2S/c1-15-11(7-4-8-18(2,16)17)9-5-3-6-10(14)12(9)13/h3,5-6,11,15H,4,7-8H2,1-2H3. The first-order valence-electron chi connectivity index (χ1n) is 5.64. The molecule has 3 nitrogen and oxygen atoms in total. The molecule has 0 aromatic heterocycles. The van der Waals surface area contributed by atoms with Gasteiger partial charge in [0.1, 0.15) is 15.7 Å². The van der Waals surface area contributed by atoms with Gasteiger partial charge in [0.15, 0.2) is 0 Å². The SMILES string of the molecule is CNC(CCCS(C)(=O)=O)c1cccc(F)c1Cl. The van der Waals surface area contributed by atoms with Gasteiger partial charge < -0.3 is 5.32 Å². The van der Waals surface area contributed by atoms with Crippen LogP contribution in [0.5, 0.6) is 0 Å². The summed E-state index contributed by atoms with van der Waals surface area (Å²) in [5, 5.41) is 3.12. The third-order valence-electron chi connectivity index (χ3n) is 2.71. The van der Waals surface area contributed by atoms with Gasteiger partial charge in [0, 0.05) is 18.1 Å². The topological polar surface area (TPSA) is 46.2 Å². The van der Waals surface area contributed by atoms with Crippen LogP contribution >= 0.6 is 11.6 Å². The summed E-state index contributed by atoms with van der Waals surface area (Å²) >= 11 is 5.90. The van der Waals surface area contributed by atoms with Gasteiger partial charge in [-0.25, -0.2) is 12.8 Å². The molecule has 0 spiro atoms. The van der Waals surface area contributed by atoms with Crippen LogP contribution in [0.1, 0.15) is 24.4 Å². The molecule has 0 fully saturated rings. The molecule has 0 radical (unpaired) electrons. The van der Waals surface area contributed by atoms with Crippen molar-refractivity contribution in [3.63, 3.8) is 0 Å². The van der Waals surface area contributed by atoms with Gasteiger partial charge in [0.2, 0.25) is 0 Å². The van der Waals surface area contributed by atoms with Crippen molar-refractivity contribution in [3.05, 3.63) is 34.6 Å². The van der Waals surface area contributed by atoms with Gasteiger partial charge in [-0.1, -0.05) is 23.7 Å². The Hall–Kier alpha value is -0.650. The van der Waals surface area contributed by atoms with E-state index in [1.54, 1.807) is 19.2 Å². The van der Waals surface area contributed by atoms with Gasteiger partial charge in [-0.05, 0) is 31.5 Å². The quantitative estimate of drug-likeness (QED) is 0.877. The van der Waals surface area contributed by atoms with Crippen LogP contribution in [0.4, 0.5) is 4.39 Å². The van der Waals surface area contributed by atoms with Crippen molar-refractivity contribution in [3.8, 4) is 0 Å². The lowest BCUT2D eigenvalue weighted by Gasteiger charge is -2.18. The predicted molar refractivity (Wildman–Crippen MR) is 72.2 cm³/mol. The van der Waals surface area contributed by atoms with Crippen LogP contribution in [0, 0.1) is 5.82 Å². The fourth-order valence-corrected chi connectivity index (χ4v) is 2.74. The summed E-state index contributed by atoms with van der Waals surface area (Å²) in [6.07, 6.45) is 2.31. The smallest absolute Gasteiger partial charge is 0.147 e. The summed E-state index contributed by atoms with van der Waals surface area (Å²) in [6.45, 7) is 0. The Morgan fingerprint density at radius 3 is 2.67 bits per heavy atom. The van der Waals surface area contributed by atoms with Crippen molar-refractivity contribution in [1.82, 2.24) is 5.32 Å². The van der Waals surface area contributed by atoms with Crippen molar-refractivity contribution in [2.75, 3.05) is 19.1 Å². The van der Waals surface area contributed by atoms with Gasteiger partial charge in [-0.15, -0.1) is 0 Å². The van der Waals surface area contributed by atoms with Crippen LogP contribution in [-0.4, -0.2) is 27.5 Å². The zero-order valence-electron chi connectivity index (χ0n) is 10.4. The highest BCUT2D eigenvalue weighted by molar-refractivity contribution is 7.90. The van der Waals surface area contributed by atoms with Gasteiger partial charge in [0.05, 0.1) is 5.02 Å². The molecular formula is C12H17ClFNO2S. The summed E-state index contributed by atoms with van der Waals surface area (Å²) in [5.74, 6) is -0.337. The molecule has 0 heterocycles. The highest BCUT2D eigenvalue weighted by atomic mass is 35.5. The highest BCUT2D eigenvalue weighted by Crippen LogP contribution is 2.28. The van der Waals surface area contributed by atoms with Crippen molar-refractivity contribution >= 4 is 21.4 Å². The molecule has 1 unspecified atom stereocenters. The first-order valence-corrected chi connectivity index (χ1v) is 8.08. The number of hydrogen-bond acceptors (Lipinski definition) is 3. The molecule has 0 aliphatic rings. The van der Waals surface area contributed by atoms with Gasteiger partial charge in [-0.3, -0.25) is 0 Å². The van der Waals surface area contributed by atoms with E-state index in [2.05, 4.69) is 5.32 Å². The molecule has 0 aliphatic heterocycles. The minimum absolute atomic E-state index is 0.0937. The molecule has 1 aromatic carbocycles. The van der Waals surface area contributed by atoms with Crippen LogP contribution in [0.3, 0.4) is 0 Å². The lowest BCUT2D eigenvalue weighted by Crippen LogP contribution is -2.18. The number of rotatable bonds is 6. The molecule has 0 saturated carbocycles. The van der Waals surface area contributed by atoms with E-state index in [4.69, 9.17) is 11.6 Å². The number of hydrogen-bond donors (Lipinski definition) is 1. The van der Waals surface area contributed by atoms with Crippen molar-refractivity contribution < 1.29 is 12.8 Å². The maximum atomic E-state index is 13.3. The molecule has 1 rings (SSSR count). The first-order chi connectivity index (χ1) is 8.35. The van der Waals surface area contributed by atoms with Gasteiger partial charge in [0.25, 0.3) is 0 Å². The van der Waals surface area contributed by atoms with Crippen LogP contribution in [0.25, 0.3) is 0 Å². The molecule has 1 aromatic rings. The Kier molecular flexibility index (Phi) is 5.56. The van der Waals surface area contributed by atoms with Crippen molar-refractivity contribution in [2.45, 2.75) is 18.9 Å². The molecular weight excluding hydrogens is 277 g/mol. The number of benzene rings is 1. The Bertz CT molecular complexity index is 505. The van der Waals surface area contributed by atoms with E-state index in [1.807, 2.05) is 0 Å². The third-order valence-corrected chi connectivity index (χ3v) is 4.14. The normalized spacial score (nSPS) is 13.6. The second-order valence-corrected chi connectivity index (χ2v) is 6.89. The molecule has 6 heteroatoms. The molecule has 1 atom stereocenters. The second-order valence-electron chi connectivity index (χ2n) is 4.26. The fraction of sp³-hybridized carbons (Fsp3) is 0.500. The maximum Gasteiger partial charge on any atom is 0.147 e. The minimum atomic E-state index is -2.96. The third kappa shape index (κ3) is 4.55. The Balaban J connectivity index is 2.75. The highest BCUT2D eigenvalue weighted by Gasteiger charge is 2.15. The average Bonchev–Trinajstić information content (AvgIpc) is 2.27. The molecule has 18 heavy (non-hydrogen) atoms. The van der Waals surface area contributed by atoms with E-state index in [0.717, 1.165) is 0 Å². The minimum Gasteiger partial charge on any atom is -0.313 e. The summed E-state index contributed by atoms with van der Waals surface area (Å²) < 4.78 is 35.4. The van der Waals surface area contributed by atoms with Crippen LogP contribution in [0.2, 0.25) is 5.02 Å². The van der Waals surface area contributed by atoms with Crippen LogP contribution in [0.15, 0.2) is 18.2 Å². The molecule has 0 aliphatic carbocycles. The Morgan fingerprint density at radius 1 is 1.44 bits per heavy atom. The average molecular weight is 294 g/mol. The van der Waals surface area contributed by atoms with Crippen molar-refractivity contribution in [2.24, 2.45) is 0 Å². The monoisotopic (exact) mass is 293 g/mol. The van der Waals surface area contributed by atoms with Gasteiger partial charge >= 0.3 is 0 Å². The second kappa shape index (κ2) is 6.50. The molecule has 102 valence electrons. The zero-order chi connectivity index (χ0) is 13.8. The van der Waals surface area contributed by atoms with Gasteiger partial charge in [-0.2, -0.15) is 0 Å². The Labute approximate surface area is 112 Å². The summed E-state index contributed by atoms with van der Waals surface area (Å²) in [5.41, 5.74) is 0.660. The van der Waals surface area contributed by atoms with E-state index >= 15 is 0 Å². The first kappa shape index (κ1) is 15.4. The number of sulfone groups is 1. The number of halogens is 2. The molecule has 0 saturated heterocycles. The lowest BCUT2D eigenvalue weighted by molar-refractivity contribution is 0.531. The van der Waals surface area contributed by atoms with E-state index in [-0.39, 0.29) is 16.8 Å².